The van der Waals surface area contributed by atoms with E-state index in [2.05, 4.69) is 37.4 Å². The maximum atomic E-state index is 11.0. The Balaban J connectivity index is 1.84. The third-order valence-electron chi connectivity index (χ3n) is 4.48. The summed E-state index contributed by atoms with van der Waals surface area (Å²) in [5.41, 5.74) is 4.01. The lowest BCUT2D eigenvalue weighted by molar-refractivity contribution is -0.118. The van der Waals surface area contributed by atoms with Crippen molar-refractivity contribution in [3.8, 4) is 5.69 Å². The Hall–Kier alpha value is -2.17. The summed E-state index contributed by atoms with van der Waals surface area (Å²) in [7, 11) is 0. The molecule has 0 atom stereocenters. The van der Waals surface area contributed by atoms with Crippen LogP contribution in [0.15, 0.2) is 18.2 Å². The standard InChI is InChI=1S/C19H26N4O/c1-13(2)19-21-18(8-5-11-20-14(3)24)23(22-19)17-10-9-15-6-4-7-16(15)12-17/h9-10,12-13H,4-8,11H2,1-3H3,(H,20,24). The minimum Gasteiger partial charge on any atom is -0.356 e. The maximum Gasteiger partial charge on any atom is 0.216 e. The van der Waals surface area contributed by atoms with E-state index in [0.717, 1.165) is 36.6 Å². The van der Waals surface area contributed by atoms with Crippen molar-refractivity contribution in [3.05, 3.63) is 41.0 Å². The molecule has 1 aliphatic carbocycles. The van der Waals surface area contributed by atoms with Crippen LogP contribution in [0.2, 0.25) is 0 Å². The van der Waals surface area contributed by atoms with Crippen molar-refractivity contribution >= 4 is 5.91 Å². The fourth-order valence-electron chi connectivity index (χ4n) is 3.18. The van der Waals surface area contributed by atoms with E-state index in [9.17, 15) is 4.79 Å². The van der Waals surface area contributed by atoms with Crippen molar-refractivity contribution in [3.63, 3.8) is 0 Å². The molecule has 0 spiro atoms. The zero-order valence-corrected chi connectivity index (χ0v) is 14.8. The Kier molecular flexibility index (Phi) is 4.97. The number of aromatic nitrogens is 3. The fourth-order valence-corrected chi connectivity index (χ4v) is 3.18. The number of nitrogens with zero attached hydrogens (tertiary/aromatic N) is 3. The highest BCUT2D eigenvalue weighted by molar-refractivity contribution is 5.72. The number of carbonyl (C=O) groups excluding carboxylic acids is 1. The Bertz CT molecular complexity index is 733. The number of amides is 1. The second kappa shape index (κ2) is 7.16. The molecule has 0 bridgehead atoms. The highest BCUT2D eigenvalue weighted by atomic mass is 16.1. The highest BCUT2D eigenvalue weighted by Gasteiger charge is 2.16. The van der Waals surface area contributed by atoms with Gasteiger partial charge in [0.15, 0.2) is 5.82 Å². The molecule has 1 heterocycles. The minimum atomic E-state index is 0.0120. The molecule has 1 aliphatic rings. The first-order chi connectivity index (χ1) is 11.5. The van der Waals surface area contributed by atoms with Gasteiger partial charge in [0.25, 0.3) is 0 Å². The van der Waals surface area contributed by atoms with Crippen LogP contribution >= 0.6 is 0 Å². The van der Waals surface area contributed by atoms with Crippen LogP contribution in [0.25, 0.3) is 5.69 Å². The summed E-state index contributed by atoms with van der Waals surface area (Å²) < 4.78 is 1.99. The van der Waals surface area contributed by atoms with Gasteiger partial charge in [0.05, 0.1) is 5.69 Å². The van der Waals surface area contributed by atoms with Gasteiger partial charge in [-0.1, -0.05) is 19.9 Å². The van der Waals surface area contributed by atoms with E-state index >= 15 is 0 Å². The van der Waals surface area contributed by atoms with Crippen LogP contribution in [0.3, 0.4) is 0 Å². The molecule has 1 aromatic heterocycles. The summed E-state index contributed by atoms with van der Waals surface area (Å²) in [6.45, 7) is 6.44. The third-order valence-corrected chi connectivity index (χ3v) is 4.48. The number of nitrogens with one attached hydrogen (secondary N) is 1. The molecular weight excluding hydrogens is 300 g/mol. The Morgan fingerprint density at radius 1 is 1.29 bits per heavy atom. The predicted molar refractivity (Wildman–Crippen MR) is 94.5 cm³/mol. The number of fused-ring (bicyclic) bond motifs is 1. The lowest BCUT2D eigenvalue weighted by atomic mass is 10.1. The van der Waals surface area contributed by atoms with E-state index in [1.54, 1.807) is 6.92 Å². The largest absolute Gasteiger partial charge is 0.356 e. The van der Waals surface area contributed by atoms with Gasteiger partial charge in [-0.3, -0.25) is 4.79 Å². The van der Waals surface area contributed by atoms with Crippen LogP contribution < -0.4 is 5.32 Å². The fraction of sp³-hybridized carbons (Fsp3) is 0.526. The zero-order valence-electron chi connectivity index (χ0n) is 14.8. The first-order valence-electron chi connectivity index (χ1n) is 8.87. The van der Waals surface area contributed by atoms with Gasteiger partial charge in [-0.25, -0.2) is 9.67 Å². The van der Waals surface area contributed by atoms with E-state index in [-0.39, 0.29) is 5.91 Å². The molecule has 0 radical (unpaired) electrons. The van der Waals surface area contributed by atoms with E-state index < -0.39 is 0 Å². The normalized spacial score (nSPS) is 13.3. The smallest absolute Gasteiger partial charge is 0.216 e. The van der Waals surface area contributed by atoms with Gasteiger partial charge in [0.2, 0.25) is 5.91 Å². The van der Waals surface area contributed by atoms with Crippen molar-refractivity contribution in [2.45, 2.75) is 58.8 Å². The second-order valence-electron chi connectivity index (χ2n) is 6.85. The monoisotopic (exact) mass is 326 g/mol. The Morgan fingerprint density at radius 2 is 2.08 bits per heavy atom. The molecule has 0 unspecified atom stereocenters. The summed E-state index contributed by atoms with van der Waals surface area (Å²) in [5, 5.41) is 7.58. The van der Waals surface area contributed by atoms with Crippen LogP contribution in [0.1, 0.15) is 62.3 Å². The number of rotatable bonds is 6. The molecule has 24 heavy (non-hydrogen) atoms. The molecule has 0 aliphatic heterocycles. The Labute approximate surface area is 143 Å². The van der Waals surface area contributed by atoms with Gasteiger partial charge < -0.3 is 5.32 Å². The van der Waals surface area contributed by atoms with Gasteiger partial charge in [-0.15, -0.1) is 0 Å². The van der Waals surface area contributed by atoms with Gasteiger partial charge in [-0.05, 0) is 48.9 Å². The second-order valence-corrected chi connectivity index (χ2v) is 6.85. The topological polar surface area (TPSA) is 59.8 Å². The molecular formula is C19H26N4O. The van der Waals surface area contributed by atoms with Gasteiger partial charge in [-0.2, -0.15) is 5.10 Å². The highest BCUT2D eigenvalue weighted by Crippen LogP contribution is 2.25. The molecule has 0 saturated carbocycles. The summed E-state index contributed by atoms with van der Waals surface area (Å²) in [5.74, 6) is 2.17. The molecule has 5 heteroatoms. The van der Waals surface area contributed by atoms with Crippen LogP contribution in [0, 0.1) is 0 Å². The van der Waals surface area contributed by atoms with Crippen molar-refractivity contribution in [2.75, 3.05) is 6.54 Å². The number of carbonyl (C=O) groups is 1. The number of benzene rings is 1. The first kappa shape index (κ1) is 16.7. The summed E-state index contributed by atoms with van der Waals surface area (Å²) >= 11 is 0. The molecule has 1 aromatic carbocycles. The Morgan fingerprint density at radius 3 is 2.83 bits per heavy atom. The van der Waals surface area contributed by atoms with Crippen LogP contribution in [-0.2, 0) is 24.1 Å². The van der Waals surface area contributed by atoms with Crippen LogP contribution in [-0.4, -0.2) is 27.2 Å². The first-order valence-corrected chi connectivity index (χ1v) is 8.87. The molecule has 5 nitrogen and oxygen atoms in total. The summed E-state index contributed by atoms with van der Waals surface area (Å²) in [6.07, 6.45) is 5.26. The van der Waals surface area contributed by atoms with Gasteiger partial charge in [0, 0.05) is 25.8 Å². The van der Waals surface area contributed by atoms with E-state index in [0.29, 0.717) is 12.5 Å². The lowest BCUT2D eigenvalue weighted by Gasteiger charge is -2.08. The van der Waals surface area contributed by atoms with Crippen molar-refractivity contribution in [1.29, 1.82) is 0 Å². The van der Waals surface area contributed by atoms with Crippen LogP contribution in [0.4, 0.5) is 0 Å². The quantitative estimate of drug-likeness (QED) is 0.830. The van der Waals surface area contributed by atoms with Crippen LogP contribution in [0.5, 0.6) is 0 Å². The van der Waals surface area contributed by atoms with E-state index in [1.807, 2.05) is 4.68 Å². The number of hydrogen-bond donors (Lipinski definition) is 1. The molecule has 0 saturated heterocycles. The number of aryl methyl sites for hydroxylation is 3. The SMILES string of the molecule is CC(=O)NCCCc1nc(C(C)C)nn1-c1ccc2c(c1)CCC2. The molecule has 0 fully saturated rings. The summed E-state index contributed by atoms with van der Waals surface area (Å²) in [4.78, 5) is 15.7. The zero-order chi connectivity index (χ0) is 17.1. The summed E-state index contributed by atoms with van der Waals surface area (Å²) in [6, 6.07) is 6.65. The third kappa shape index (κ3) is 3.66. The molecule has 1 amide bonds. The van der Waals surface area contributed by atoms with Gasteiger partial charge in [0.1, 0.15) is 5.82 Å². The number of hydrogen-bond acceptors (Lipinski definition) is 3. The van der Waals surface area contributed by atoms with Gasteiger partial charge >= 0.3 is 0 Å². The van der Waals surface area contributed by atoms with Crippen molar-refractivity contribution in [1.82, 2.24) is 20.1 Å². The van der Waals surface area contributed by atoms with E-state index in [4.69, 9.17) is 10.1 Å². The lowest BCUT2D eigenvalue weighted by Crippen LogP contribution is -2.21. The molecule has 1 N–H and O–H groups in total. The predicted octanol–water partition coefficient (Wildman–Crippen LogP) is 2.95. The maximum absolute atomic E-state index is 11.0. The van der Waals surface area contributed by atoms with Crippen molar-refractivity contribution in [2.24, 2.45) is 0 Å². The average Bonchev–Trinajstić information content (AvgIpc) is 3.17. The molecule has 3 rings (SSSR count). The average molecular weight is 326 g/mol. The minimum absolute atomic E-state index is 0.0120. The molecule has 2 aromatic rings. The van der Waals surface area contributed by atoms with Crippen molar-refractivity contribution < 1.29 is 4.79 Å². The molecule has 128 valence electrons. The van der Waals surface area contributed by atoms with E-state index in [1.165, 1.54) is 24.0 Å².